The number of aliphatic carboxylic acids is 1. The molecule has 2 unspecified atom stereocenters. The van der Waals surface area contributed by atoms with Crippen LogP contribution in [0.3, 0.4) is 0 Å². The predicted molar refractivity (Wildman–Crippen MR) is 70.8 cm³/mol. The lowest BCUT2D eigenvalue weighted by Gasteiger charge is -2.41. The zero-order valence-corrected chi connectivity index (χ0v) is 11.5. The normalized spacial score (nSPS) is 28.9. The van der Waals surface area contributed by atoms with E-state index in [2.05, 4.69) is 15.1 Å². The molecule has 2 aliphatic rings. The van der Waals surface area contributed by atoms with Crippen LogP contribution >= 0.6 is 0 Å². The second-order valence-electron chi connectivity index (χ2n) is 5.73. The Morgan fingerprint density at radius 3 is 2.89 bits per heavy atom. The molecular weight excluding hydrogens is 230 g/mol. The van der Waals surface area contributed by atoms with Crippen molar-refractivity contribution in [2.24, 2.45) is 0 Å². The van der Waals surface area contributed by atoms with Crippen LogP contribution in [0.5, 0.6) is 0 Å². The molecule has 0 aromatic rings. The average Bonchev–Trinajstić information content (AvgIpc) is 2.76. The first-order valence-electron chi connectivity index (χ1n) is 7.00. The highest BCUT2D eigenvalue weighted by Crippen LogP contribution is 2.22. The van der Waals surface area contributed by atoms with Crippen molar-refractivity contribution in [1.29, 1.82) is 0 Å². The summed E-state index contributed by atoms with van der Waals surface area (Å²) in [5.74, 6) is -0.752. The van der Waals surface area contributed by atoms with Gasteiger partial charge in [0.2, 0.25) is 0 Å². The van der Waals surface area contributed by atoms with E-state index in [0.717, 1.165) is 19.6 Å². The van der Waals surface area contributed by atoms with Crippen molar-refractivity contribution in [3.05, 3.63) is 0 Å². The quantitative estimate of drug-likeness (QED) is 0.736. The van der Waals surface area contributed by atoms with Crippen molar-refractivity contribution < 1.29 is 9.90 Å². The summed E-state index contributed by atoms with van der Waals surface area (Å²) in [6.45, 7) is 9.36. The van der Waals surface area contributed by atoms with Gasteiger partial charge in [-0.15, -0.1) is 0 Å². The Morgan fingerprint density at radius 2 is 2.22 bits per heavy atom. The van der Waals surface area contributed by atoms with Gasteiger partial charge in [0.15, 0.2) is 0 Å². The van der Waals surface area contributed by atoms with E-state index in [1.807, 2.05) is 6.92 Å². The lowest BCUT2D eigenvalue weighted by molar-refractivity contribution is -0.145. The summed E-state index contributed by atoms with van der Waals surface area (Å²) >= 11 is 0. The van der Waals surface area contributed by atoms with Crippen LogP contribution in [-0.4, -0.2) is 71.7 Å². The minimum Gasteiger partial charge on any atom is -0.480 e. The van der Waals surface area contributed by atoms with Crippen molar-refractivity contribution in [3.8, 4) is 0 Å². The summed E-state index contributed by atoms with van der Waals surface area (Å²) in [5, 5.41) is 12.5. The molecule has 2 N–H and O–H groups in total. The topological polar surface area (TPSA) is 55.8 Å². The highest BCUT2D eigenvalue weighted by Gasteiger charge is 2.37. The summed E-state index contributed by atoms with van der Waals surface area (Å²) in [4.78, 5) is 16.3. The van der Waals surface area contributed by atoms with Crippen molar-refractivity contribution in [2.75, 3.05) is 39.3 Å². The number of carboxylic acids is 1. The van der Waals surface area contributed by atoms with Gasteiger partial charge in [0.1, 0.15) is 5.54 Å². The maximum absolute atomic E-state index is 11.4. The number of hydrogen-bond acceptors (Lipinski definition) is 4. The first-order chi connectivity index (χ1) is 8.55. The van der Waals surface area contributed by atoms with Gasteiger partial charge in [0.05, 0.1) is 0 Å². The Kier molecular flexibility index (Phi) is 4.25. The molecule has 104 valence electrons. The fourth-order valence-corrected chi connectivity index (χ4v) is 3.24. The van der Waals surface area contributed by atoms with Gasteiger partial charge in [-0.3, -0.25) is 14.6 Å². The number of nitrogens with zero attached hydrogens (tertiary/aromatic N) is 2. The van der Waals surface area contributed by atoms with E-state index in [9.17, 15) is 9.90 Å². The second-order valence-corrected chi connectivity index (χ2v) is 5.73. The first-order valence-corrected chi connectivity index (χ1v) is 7.00. The minimum atomic E-state index is -0.824. The molecule has 0 amide bonds. The molecule has 18 heavy (non-hydrogen) atoms. The number of rotatable bonds is 5. The Balaban J connectivity index is 1.93. The monoisotopic (exact) mass is 255 g/mol. The van der Waals surface area contributed by atoms with Gasteiger partial charge < -0.3 is 10.4 Å². The van der Waals surface area contributed by atoms with Crippen LogP contribution in [0.4, 0.5) is 0 Å². The molecule has 2 fully saturated rings. The molecule has 2 saturated heterocycles. The van der Waals surface area contributed by atoms with Crippen LogP contribution in [0.1, 0.15) is 26.7 Å². The van der Waals surface area contributed by atoms with Crippen LogP contribution < -0.4 is 5.32 Å². The third kappa shape index (κ3) is 2.84. The number of fused-ring (bicyclic) bond motifs is 1. The molecule has 5 nitrogen and oxygen atoms in total. The SMILES string of the molecule is CCNC(C)(CN1CCN2CCCC2C1)C(=O)O. The molecule has 0 aromatic heterocycles. The molecule has 0 radical (unpaired) electrons. The van der Waals surface area contributed by atoms with Gasteiger partial charge in [-0.05, 0) is 32.9 Å². The molecule has 2 atom stereocenters. The summed E-state index contributed by atoms with van der Waals surface area (Å²) in [6, 6.07) is 0.651. The molecule has 2 rings (SSSR count). The maximum Gasteiger partial charge on any atom is 0.324 e. The summed E-state index contributed by atoms with van der Waals surface area (Å²) in [6.07, 6.45) is 2.56. The molecular formula is C13H25N3O2. The van der Waals surface area contributed by atoms with E-state index in [4.69, 9.17) is 0 Å². The Bertz CT molecular complexity index is 311. The molecule has 2 aliphatic heterocycles. The van der Waals surface area contributed by atoms with Crippen LogP contribution in [-0.2, 0) is 4.79 Å². The van der Waals surface area contributed by atoms with E-state index < -0.39 is 11.5 Å². The smallest absolute Gasteiger partial charge is 0.324 e. The third-order valence-corrected chi connectivity index (χ3v) is 4.25. The fourth-order valence-electron chi connectivity index (χ4n) is 3.24. The van der Waals surface area contributed by atoms with Crippen molar-refractivity contribution >= 4 is 5.97 Å². The van der Waals surface area contributed by atoms with E-state index in [1.165, 1.54) is 19.4 Å². The summed E-state index contributed by atoms with van der Waals surface area (Å²) < 4.78 is 0. The average molecular weight is 255 g/mol. The molecule has 0 aromatic carbocycles. The number of hydrogen-bond donors (Lipinski definition) is 2. The zero-order valence-electron chi connectivity index (χ0n) is 11.5. The number of piperazine rings is 1. The highest BCUT2D eigenvalue weighted by atomic mass is 16.4. The van der Waals surface area contributed by atoms with Crippen molar-refractivity contribution in [1.82, 2.24) is 15.1 Å². The summed E-state index contributed by atoms with van der Waals surface area (Å²) in [5.41, 5.74) is -0.824. The largest absolute Gasteiger partial charge is 0.480 e. The van der Waals surface area contributed by atoms with Gasteiger partial charge in [-0.2, -0.15) is 0 Å². The van der Waals surface area contributed by atoms with Crippen LogP contribution in [0.2, 0.25) is 0 Å². The minimum absolute atomic E-state index is 0.598. The van der Waals surface area contributed by atoms with Crippen LogP contribution in [0.15, 0.2) is 0 Å². The molecule has 5 heteroatoms. The van der Waals surface area contributed by atoms with Gasteiger partial charge in [-0.1, -0.05) is 6.92 Å². The molecule has 0 aliphatic carbocycles. The van der Waals surface area contributed by atoms with Crippen molar-refractivity contribution in [3.63, 3.8) is 0 Å². The lowest BCUT2D eigenvalue weighted by Crippen LogP contribution is -2.60. The third-order valence-electron chi connectivity index (χ3n) is 4.25. The highest BCUT2D eigenvalue weighted by molar-refractivity contribution is 5.78. The van der Waals surface area contributed by atoms with E-state index in [0.29, 0.717) is 19.1 Å². The first kappa shape index (κ1) is 13.8. The molecule has 2 heterocycles. The lowest BCUT2D eigenvalue weighted by atomic mass is 10.0. The molecule has 0 bridgehead atoms. The van der Waals surface area contributed by atoms with Gasteiger partial charge in [-0.25, -0.2) is 0 Å². The van der Waals surface area contributed by atoms with E-state index >= 15 is 0 Å². The second kappa shape index (κ2) is 5.55. The number of carbonyl (C=O) groups is 1. The zero-order chi connectivity index (χ0) is 13.2. The number of carboxylic acid groups (broad SMARTS) is 1. The van der Waals surface area contributed by atoms with Crippen LogP contribution in [0.25, 0.3) is 0 Å². The Hall–Kier alpha value is -0.650. The van der Waals surface area contributed by atoms with Crippen molar-refractivity contribution in [2.45, 2.75) is 38.3 Å². The Morgan fingerprint density at radius 1 is 1.44 bits per heavy atom. The van der Waals surface area contributed by atoms with Gasteiger partial charge in [0, 0.05) is 32.2 Å². The van der Waals surface area contributed by atoms with Gasteiger partial charge >= 0.3 is 5.97 Å². The number of nitrogens with one attached hydrogen (secondary N) is 1. The Labute approximate surface area is 109 Å². The molecule has 0 spiro atoms. The standard InChI is InChI=1S/C13H25N3O2/c1-3-14-13(2,12(17)18)10-15-7-8-16-6-4-5-11(16)9-15/h11,14H,3-10H2,1-2H3,(H,17,18). The van der Waals surface area contributed by atoms with E-state index in [1.54, 1.807) is 6.92 Å². The predicted octanol–water partition coefficient (Wildman–Crippen LogP) is 0.219. The molecule has 0 saturated carbocycles. The van der Waals surface area contributed by atoms with E-state index in [-0.39, 0.29) is 0 Å². The van der Waals surface area contributed by atoms with Crippen LogP contribution in [0, 0.1) is 0 Å². The number of likely N-dealkylation sites (N-methyl/N-ethyl adjacent to an activating group) is 1. The summed E-state index contributed by atoms with van der Waals surface area (Å²) in [7, 11) is 0. The van der Waals surface area contributed by atoms with Gasteiger partial charge in [0.25, 0.3) is 0 Å². The maximum atomic E-state index is 11.4. The fraction of sp³-hybridized carbons (Fsp3) is 0.923.